The fraction of sp³-hybridized carbons (Fsp3) is 0.500. The molecule has 1 amide bonds. The van der Waals surface area contributed by atoms with Gasteiger partial charge in [0.2, 0.25) is 0 Å². The molecule has 0 unspecified atom stereocenters. The molecule has 84 valence electrons. The second-order valence-electron chi connectivity index (χ2n) is 3.15. The predicted molar refractivity (Wildman–Crippen MR) is 50.6 cm³/mol. The molecule has 0 radical (unpaired) electrons. The first-order chi connectivity index (χ1) is 6.93. The Balaban J connectivity index is 2.85. The van der Waals surface area contributed by atoms with Crippen molar-refractivity contribution in [1.82, 2.24) is 14.7 Å². The minimum Gasteiger partial charge on any atom is -0.396 e. The first-order valence-corrected chi connectivity index (χ1v) is 4.24. The Morgan fingerprint density at radius 2 is 2.33 bits per heavy atom. The van der Waals surface area contributed by atoms with E-state index in [2.05, 4.69) is 5.10 Å². The summed E-state index contributed by atoms with van der Waals surface area (Å²) in [5, 5.41) is 3.76. The van der Waals surface area contributed by atoms with E-state index >= 15 is 0 Å². The largest absolute Gasteiger partial charge is 0.396 e. The highest BCUT2D eigenvalue weighted by molar-refractivity contribution is 5.97. The molecule has 1 aromatic heterocycles. The molecule has 1 aromatic rings. The summed E-state index contributed by atoms with van der Waals surface area (Å²) < 4.78 is 25.3. The predicted octanol–water partition coefficient (Wildman–Crippen LogP) is 0.339. The third-order valence-corrected chi connectivity index (χ3v) is 1.93. The Morgan fingerprint density at radius 1 is 1.73 bits per heavy atom. The van der Waals surface area contributed by atoms with Crippen LogP contribution in [0.15, 0.2) is 6.20 Å². The quantitative estimate of drug-likeness (QED) is 0.795. The van der Waals surface area contributed by atoms with E-state index in [9.17, 15) is 13.6 Å². The Morgan fingerprint density at radius 3 is 2.73 bits per heavy atom. The number of carbonyl (C=O) groups excluding carboxylic acids is 1. The van der Waals surface area contributed by atoms with Crippen molar-refractivity contribution >= 4 is 11.6 Å². The zero-order valence-electron chi connectivity index (χ0n) is 8.44. The van der Waals surface area contributed by atoms with Gasteiger partial charge in [0.05, 0.1) is 18.4 Å². The number of carbonyl (C=O) groups is 1. The van der Waals surface area contributed by atoms with Gasteiger partial charge in [-0.3, -0.25) is 9.48 Å². The van der Waals surface area contributed by atoms with Crippen molar-refractivity contribution in [2.75, 3.05) is 19.3 Å². The molecular weight excluding hydrogens is 206 g/mol. The van der Waals surface area contributed by atoms with Gasteiger partial charge in [-0.25, -0.2) is 8.78 Å². The van der Waals surface area contributed by atoms with Crippen LogP contribution in [0, 0.1) is 0 Å². The van der Waals surface area contributed by atoms with Crippen LogP contribution in [0.4, 0.5) is 14.5 Å². The van der Waals surface area contributed by atoms with E-state index < -0.39 is 18.9 Å². The number of nitrogens with zero attached hydrogens (tertiary/aromatic N) is 3. The van der Waals surface area contributed by atoms with Crippen LogP contribution in [0.1, 0.15) is 10.5 Å². The Kier molecular flexibility index (Phi) is 3.23. The lowest BCUT2D eigenvalue weighted by Gasteiger charge is -2.16. The first-order valence-electron chi connectivity index (χ1n) is 4.24. The maximum Gasteiger partial charge on any atom is 0.274 e. The second-order valence-corrected chi connectivity index (χ2v) is 3.15. The molecule has 1 rings (SSSR count). The molecule has 0 fully saturated rings. The number of aromatic nitrogens is 2. The number of rotatable bonds is 3. The Hall–Kier alpha value is -1.66. The van der Waals surface area contributed by atoms with Crippen molar-refractivity contribution in [2.24, 2.45) is 7.05 Å². The van der Waals surface area contributed by atoms with Gasteiger partial charge in [0, 0.05) is 14.1 Å². The first kappa shape index (κ1) is 11.4. The monoisotopic (exact) mass is 218 g/mol. The van der Waals surface area contributed by atoms with Gasteiger partial charge in [0.15, 0.2) is 0 Å². The van der Waals surface area contributed by atoms with E-state index in [-0.39, 0.29) is 11.4 Å². The summed E-state index contributed by atoms with van der Waals surface area (Å²) in [5.74, 6) is -0.562. The third kappa shape index (κ3) is 2.42. The highest BCUT2D eigenvalue weighted by atomic mass is 19.3. The maximum absolute atomic E-state index is 12.0. The van der Waals surface area contributed by atoms with Crippen molar-refractivity contribution in [1.29, 1.82) is 0 Å². The zero-order valence-corrected chi connectivity index (χ0v) is 8.44. The summed E-state index contributed by atoms with van der Waals surface area (Å²) >= 11 is 0. The minimum atomic E-state index is -2.56. The maximum atomic E-state index is 12.0. The molecule has 0 spiro atoms. The van der Waals surface area contributed by atoms with Crippen LogP contribution in [-0.2, 0) is 7.05 Å². The smallest absolute Gasteiger partial charge is 0.274 e. The van der Waals surface area contributed by atoms with Crippen molar-refractivity contribution in [2.45, 2.75) is 6.43 Å². The van der Waals surface area contributed by atoms with Gasteiger partial charge in [-0.2, -0.15) is 5.10 Å². The van der Waals surface area contributed by atoms with E-state index in [1.807, 2.05) is 0 Å². The average molecular weight is 218 g/mol. The molecule has 0 atom stereocenters. The standard InChI is InChI=1S/C8H12F2N4O/c1-13(4-6(9)10)8(15)7-5(11)3-12-14(7)2/h3,6H,4,11H2,1-2H3. The summed E-state index contributed by atoms with van der Waals surface area (Å²) in [4.78, 5) is 12.5. The lowest BCUT2D eigenvalue weighted by atomic mass is 10.3. The average Bonchev–Trinajstić information content (AvgIpc) is 2.44. The fourth-order valence-electron chi connectivity index (χ4n) is 1.19. The molecule has 0 aromatic carbocycles. The number of hydrogen-bond acceptors (Lipinski definition) is 3. The molecule has 0 aliphatic heterocycles. The van der Waals surface area contributed by atoms with Crippen LogP contribution in [-0.4, -0.2) is 40.6 Å². The van der Waals surface area contributed by atoms with E-state index in [0.29, 0.717) is 0 Å². The highest BCUT2D eigenvalue weighted by Gasteiger charge is 2.21. The van der Waals surface area contributed by atoms with Crippen molar-refractivity contribution in [3.63, 3.8) is 0 Å². The summed E-state index contributed by atoms with van der Waals surface area (Å²) in [6, 6.07) is 0. The molecule has 0 bridgehead atoms. The molecule has 0 aliphatic carbocycles. The topological polar surface area (TPSA) is 64.2 Å². The normalized spacial score (nSPS) is 10.7. The van der Waals surface area contributed by atoms with Gasteiger partial charge in [-0.1, -0.05) is 0 Å². The second kappa shape index (κ2) is 4.24. The zero-order chi connectivity index (χ0) is 11.6. The van der Waals surface area contributed by atoms with E-state index in [0.717, 1.165) is 4.90 Å². The van der Waals surface area contributed by atoms with Gasteiger partial charge < -0.3 is 10.6 Å². The Bertz CT molecular complexity index is 344. The molecular formula is C8H12F2N4O. The van der Waals surface area contributed by atoms with E-state index in [1.54, 1.807) is 0 Å². The number of amides is 1. The summed E-state index contributed by atoms with van der Waals surface area (Å²) in [6.45, 7) is -0.622. The molecule has 1 heterocycles. The lowest BCUT2D eigenvalue weighted by Crippen LogP contribution is -2.33. The fourth-order valence-corrected chi connectivity index (χ4v) is 1.19. The molecule has 0 saturated heterocycles. The molecule has 15 heavy (non-hydrogen) atoms. The van der Waals surface area contributed by atoms with E-state index in [1.165, 1.54) is 25.0 Å². The molecule has 0 saturated carbocycles. The van der Waals surface area contributed by atoms with Gasteiger partial charge in [-0.05, 0) is 0 Å². The summed E-state index contributed by atoms with van der Waals surface area (Å²) in [6.07, 6.45) is -1.25. The summed E-state index contributed by atoms with van der Waals surface area (Å²) in [7, 11) is 2.82. The number of nitrogens with two attached hydrogens (primary N) is 1. The van der Waals surface area contributed by atoms with Crippen LogP contribution in [0.3, 0.4) is 0 Å². The van der Waals surface area contributed by atoms with E-state index in [4.69, 9.17) is 5.73 Å². The van der Waals surface area contributed by atoms with Gasteiger partial charge in [-0.15, -0.1) is 0 Å². The molecule has 7 heteroatoms. The SMILES string of the molecule is CN(CC(F)F)C(=O)c1c(N)cnn1C. The number of anilines is 1. The number of aryl methyl sites for hydroxylation is 1. The van der Waals surface area contributed by atoms with Crippen LogP contribution in [0.2, 0.25) is 0 Å². The lowest BCUT2D eigenvalue weighted by molar-refractivity contribution is 0.0611. The molecule has 5 nitrogen and oxygen atoms in total. The molecule has 0 aliphatic rings. The highest BCUT2D eigenvalue weighted by Crippen LogP contribution is 2.12. The van der Waals surface area contributed by atoms with Crippen LogP contribution in [0.25, 0.3) is 0 Å². The number of hydrogen-bond donors (Lipinski definition) is 1. The summed E-state index contributed by atoms with van der Waals surface area (Å²) in [5.41, 5.74) is 5.80. The third-order valence-electron chi connectivity index (χ3n) is 1.93. The van der Waals surface area contributed by atoms with Gasteiger partial charge in [0.25, 0.3) is 12.3 Å². The van der Waals surface area contributed by atoms with Crippen LogP contribution >= 0.6 is 0 Å². The minimum absolute atomic E-state index is 0.123. The van der Waals surface area contributed by atoms with Crippen molar-refractivity contribution < 1.29 is 13.6 Å². The van der Waals surface area contributed by atoms with Crippen molar-refractivity contribution in [3.8, 4) is 0 Å². The number of halogens is 2. The van der Waals surface area contributed by atoms with Gasteiger partial charge >= 0.3 is 0 Å². The van der Waals surface area contributed by atoms with Crippen LogP contribution in [0.5, 0.6) is 0 Å². The molecule has 2 N–H and O–H groups in total. The van der Waals surface area contributed by atoms with Gasteiger partial charge in [0.1, 0.15) is 5.69 Å². The number of nitrogen functional groups attached to an aromatic ring is 1. The van der Waals surface area contributed by atoms with Crippen molar-refractivity contribution in [3.05, 3.63) is 11.9 Å². The number of alkyl halides is 2. The van der Waals surface area contributed by atoms with Crippen LogP contribution < -0.4 is 5.73 Å². The Labute approximate surface area is 85.5 Å².